The quantitative estimate of drug-likeness (QED) is 0.538. The highest BCUT2D eigenvalue weighted by atomic mass is 16.1. The maximum atomic E-state index is 11.4. The zero-order valence-electron chi connectivity index (χ0n) is 12.0. The average Bonchev–Trinajstić information content (AvgIpc) is 2.92. The van der Waals surface area contributed by atoms with Crippen LogP contribution in [0.4, 0.5) is 11.6 Å². The van der Waals surface area contributed by atoms with Gasteiger partial charge in [-0.1, -0.05) is 12.8 Å². The lowest BCUT2D eigenvalue weighted by Gasteiger charge is -2.30. The van der Waals surface area contributed by atoms with Crippen molar-refractivity contribution in [3.63, 3.8) is 0 Å². The van der Waals surface area contributed by atoms with E-state index in [1.165, 1.54) is 12.8 Å². The summed E-state index contributed by atoms with van der Waals surface area (Å²) < 4.78 is 0. The van der Waals surface area contributed by atoms with Gasteiger partial charge in [0.15, 0.2) is 0 Å². The minimum Gasteiger partial charge on any atom is -0.368 e. The van der Waals surface area contributed by atoms with Crippen LogP contribution in [0.25, 0.3) is 0 Å². The number of amides is 1. The molecule has 2 rings (SSSR count). The summed E-state index contributed by atoms with van der Waals surface area (Å²) in [4.78, 5) is 22.1. The summed E-state index contributed by atoms with van der Waals surface area (Å²) in [5, 5.41) is 0. The van der Waals surface area contributed by atoms with Crippen LogP contribution in [0.5, 0.6) is 0 Å². The molecule has 1 aliphatic rings. The Bertz CT molecular complexity index is 498. The monoisotopic (exact) mass is 278 g/mol. The van der Waals surface area contributed by atoms with Crippen molar-refractivity contribution in [3.05, 3.63) is 11.4 Å². The van der Waals surface area contributed by atoms with Crippen LogP contribution in [-0.2, 0) is 4.79 Å². The molecule has 7 nitrogen and oxygen atoms in total. The number of carbonyl (C=O) groups excluding carboxylic acids is 1. The molecule has 5 N–H and O–H groups in total. The van der Waals surface area contributed by atoms with Crippen molar-refractivity contribution >= 4 is 17.5 Å². The predicted octanol–water partition coefficient (Wildman–Crippen LogP) is 0.613. The number of primary amides is 1. The molecule has 1 saturated carbocycles. The van der Waals surface area contributed by atoms with Crippen molar-refractivity contribution in [2.24, 2.45) is 11.6 Å². The Morgan fingerprint density at radius 2 is 2.00 bits per heavy atom. The molecular formula is C13H22N6O. The van der Waals surface area contributed by atoms with Crippen molar-refractivity contribution < 1.29 is 4.79 Å². The van der Waals surface area contributed by atoms with Crippen molar-refractivity contribution in [1.29, 1.82) is 0 Å². The van der Waals surface area contributed by atoms with Crippen LogP contribution in [-0.4, -0.2) is 28.5 Å². The Balaban J connectivity index is 2.41. The molecule has 0 atom stereocenters. The lowest BCUT2D eigenvalue weighted by molar-refractivity contribution is -0.116. The van der Waals surface area contributed by atoms with Crippen molar-refractivity contribution in [2.45, 2.75) is 45.6 Å². The van der Waals surface area contributed by atoms with Gasteiger partial charge in [0.2, 0.25) is 5.91 Å². The number of aromatic nitrogens is 2. The van der Waals surface area contributed by atoms with E-state index in [9.17, 15) is 4.79 Å². The molecule has 1 heterocycles. The lowest BCUT2D eigenvalue weighted by Crippen LogP contribution is -2.41. The maximum Gasteiger partial charge on any atom is 0.237 e. The Morgan fingerprint density at radius 3 is 2.55 bits per heavy atom. The Hall–Kier alpha value is -1.89. The number of hydrogen-bond donors (Lipinski definition) is 3. The number of nitrogens with two attached hydrogens (primary N) is 2. The largest absolute Gasteiger partial charge is 0.368 e. The van der Waals surface area contributed by atoms with E-state index in [0.29, 0.717) is 17.7 Å². The molecule has 0 aromatic carbocycles. The summed E-state index contributed by atoms with van der Waals surface area (Å²) >= 11 is 0. The van der Waals surface area contributed by atoms with E-state index in [0.717, 1.165) is 24.2 Å². The van der Waals surface area contributed by atoms with Crippen molar-refractivity contribution in [3.8, 4) is 0 Å². The van der Waals surface area contributed by atoms with Crippen LogP contribution in [0, 0.1) is 13.8 Å². The van der Waals surface area contributed by atoms with Gasteiger partial charge in [-0.05, 0) is 26.7 Å². The number of nitrogens with zero attached hydrogens (tertiary/aromatic N) is 3. The van der Waals surface area contributed by atoms with E-state index in [1.807, 2.05) is 11.8 Å². The fourth-order valence-electron chi connectivity index (χ4n) is 2.79. The summed E-state index contributed by atoms with van der Waals surface area (Å²) in [6.45, 7) is 3.87. The average molecular weight is 278 g/mol. The van der Waals surface area contributed by atoms with Gasteiger partial charge in [0.1, 0.15) is 17.5 Å². The third-order valence-corrected chi connectivity index (χ3v) is 3.73. The van der Waals surface area contributed by atoms with Gasteiger partial charge in [0.05, 0.1) is 6.54 Å². The van der Waals surface area contributed by atoms with Crippen LogP contribution in [0.1, 0.15) is 37.1 Å². The fourth-order valence-corrected chi connectivity index (χ4v) is 2.79. The van der Waals surface area contributed by atoms with E-state index in [4.69, 9.17) is 11.6 Å². The van der Waals surface area contributed by atoms with Crippen LogP contribution in [0.15, 0.2) is 0 Å². The summed E-state index contributed by atoms with van der Waals surface area (Å²) in [7, 11) is 0. The third-order valence-electron chi connectivity index (χ3n) is 3.73. The zero-order valence-corrected chi connectivity index (χ0v) is 12.0. The molecule has 0 saturated heterocycles. The minimum atomic E-state index is -0.352. The summed E-state index contributed by atoms with van der Waals surface area (Å²) in [6.07, 6.45) is 4.46. The van der Waals surface area contributed by atoms with Gasteiger partial charge in [0.25, 0.3) is 0 Å². The van der Waals surface area contributed by atoms with Crippen LogP contribution < -0.4 is 21.9 Å². The molecule has 1 aromatic rings. The summed E-state index contributed by atoms with van der Waals surface area (Å²) in [5.74, 6) is 7.09. The first-order valence-electron chi connectivity index (χ1n) is 6.89. The second-order valence-electron chi connectivity index (χ2n) is 5.24. The van der Waals surface area contributed by atoms with Gasteiger partial charge in [0, 0.05) is 11.6 Å². The number of nitrogens with one attached hydrogen (secondary N) is 1. The highest BCUT2D eigenvalue weighted by Crippen LogP contribution is 2.30. The second kappa shape index (κ2) is 6.04. The molecule has 0 bridgehead atoms. The number of hydrogen-bond acceptors (Lipinski definition) is 6. The van der Waals surface area contributed by atoms with Crippen molar-refractivity contribution in [1.82, 2.24) is 9.97 Å². The first kappa shape index (κ1) is 14.5. The smallest absolute Gasteiger partial charge is 0.237 e. The number of aryl methyl sites for hydroxylation is 1. The van der Waals surface area contributed by atoms with Gasteiger partial charge < -0.3 is 16.1 Å². The SMILES string of the molecule is Cc1nc(NN)c(C)c(N(CC(N)=O)C2CCCC2)n1. The summed E-state index contributed by atoms with van der Waals surface area (Å²) in [6, 6.07) is 0.307. The molecule has 0 unspecified atom stereocenters. The lowest BCUT2D eigenvalue weighted by atomic mass is 10.1. The van der Waals surface area contributed by atoms with Crippen LogP contribution in [0.3, 0.4) is 0 Å². The molecule has 0 radical (unpaired) electrons. The Morgan fingerprint density at radius 1 is 1.35 bits per heavy atom. The van der Waals surface area contributed by atoms with E-state index in [2.05, 4.69) is 15.4 Å². The standard InChI is InChI=1S/C13H22N6O/c1-8-12(18-15)16-9(2)17-13(8)19(7-11(14)20)10-5-3-4-6-10/h10H,3-7,15H2,1-2H3,(H2,14,20)(H,16,17,18). The van der Waals surface area contributed by atoms with E-state index in [-0.39, 0.29) is 12.5 Å². The molecule has 20 heavy (non-hydrogen) atoms. The van der Waals surface area contributed by atoms with Gasteiger partial charge in [-0.15, -0.1) is 0 Å². The zero-order chi connectivity index (χ0) is 14.7. The first-order valence-corrected chi connectivity index (χ1v) is 6.89. The van der Waals surface area contributed by atoms with Gasteiger partial charge in [-0.2, -0.15) is 0 Å². The van der Waals surface area contributed by atoms with E-state index >= 15 is 0 Å². The number of anilines is 2. The molecule has 7 heteroatoms. The molecular weight excluding hydrogens is 256 g/mol. The second-order valence-corrected chi connectivity index (χ2v) is 5.24. The molecule has 0 spiro atoms. The Kier molecular flexibility index (Phi) is 4.39. The highest BCUT2D eigenvalue weighted by Gasteiger charge is 2.27. The van der Waals surface area contributed by atoms with E-state index < -0.39 is 0 Å². The molecule has 1 fully saturated rings. The molecule has 1 aliphatic carbocycles. The van der Waals surface area contributed by atoms with Gasteiger partial charge in [-0.3, -0.25) is 4.79 Å². The minimum absolute atomic E-state index is 0.173. The summed E-state index contributed by atoms with van der Waals surface area (Å²) in [5.41, 5.74) is 8.81. The van der Waals surface area contributed by atoms with Crippen molar-refractivity contribution in [2.75, 3.05) is 16.9 Å². The van der Waals surface area contributed by atoms with Crippen LogP contribution in [0.2, 0.25) is 0 Å². The fraction of sp³-hybridized carbons (Fsp3) is 0.615. The number of nitrogen functional groups attached to an aromatic ring is 1. The molecule has 1 amide bonds. The Labute approximate surface area is 118 Å². The predicted molar refractivity (Wildman–Crippen MR) is 78.1 cm³/mol. The number of rotatable bonds is 5. The normalized spacial score (nSPS) is 15.3. The van der Waals surface area contributed by atoms with E-state index in [1.54, 1.807) is 6.92 Å². The topological polar surface area (TPSA) is 110 Å². The maximum absolute atomic E-state index is 11.4. The molecule has 1 aromatic heterocycles. The molecule has 110 valence electrons. The highest BCUT2D eigenvalue weighted by molar-refractivity contribution is 5.80. The number of hydrazine groups is 1. The van der Waals surface area contributed by atoms with Crippen LogP contribution >= 0.6 is 0 Å². The third kappa shape index (κ3) is 2.98. The van der Waals surface area contributed by atoms with Gasteiger partial charge >= 0.3 is 0 Å². The number of carbonyl (C=O) groups is 1. The molecule has 0 aliphatic heterocycles. The first-order chi connectivity index (χ1) is 9.52. The van der Waals surface area contributed by atoms with Gasteiger partial charge in [-0.25, -0.2) is 15.8 Å².